The molecule has 5 nitrogen and oxygen atoms in total. The highest BCUT2D eigenvalue weighted by atomic mass is 16.4. The van der Waals surface area contributed by atoms with Crippen LogP contribution in [-0.4, -0.2) is 35.1 Å². The Hall–Kier alpha value is -2.04. The second-order valence-electron chi connectivity index (χ2n) is 7.34. The van der Waals surface area contributed by atoms with Gasteiger partial charge < -0.3 is 15.3 Å². The van der Waals surface area contributed by atoms with Crippen LogP contribution in [0, 0.1) is 17.8 Å². The average Bonchev–Trinajstić information content (AvgIpc) is 3.05. The van der Waals surface area contributed by atoms with Crippen molar-refractivity contribution in [2.24, 2.45) is 17.8 Å². The Kier molecular flexibility index (Phi) is 4.78. The van der Waals surface area contributed by atoms with E-state index in [4.69, 9.17) is 5.11 Å². The third kappa shape index (κ3) is 3.25. The summed E-state index contributed by atoms with van der Waals surface area (Å²) in [7, 11) is 0. The van der Waals surface area contributed by atoms with Gasteiger partial charge in [-0.2, -0.15) is 0 Å². The van der Waals surface area contributed by atoms with Gasteiger partial charge in [-0.05, 0) is 42.2 Å². The highest BCUT2D eigenvalue weighted by Gasteiger charge is 2.36. The van der Waals surface area contributed by atoms with E-state index in [0.29, 0.717) is 31.3 Å². The van der Waals surface area contributed by atoms with Crippen LogP contribution in [0.4, 0.5) is 4.79 Å². The molecule has 0 bridgehead atoms. The van der Waals surface area contributed by atoms with Crippen molar-refractivity contribution in [3.05, 3.63) is 35.4 Å². The van der Waals surface area contributed by atoms with E-state index in [9.17, 15) is 9.59 Å². The van der Waals surface area contributed by atoms with Gasteiger partial charge >= 0.3 is 12.0 Å². The van der Waals surface area contributed by atoms with Crippen LogP contribution in [0.3, 0.4) is 0 Å². The second-order valence-corrected chi connectivity index (χ2v) is 7.34. The molecule has 3 unspecified atom stereocenters. The number of carboxylic acid groups (broad SMARTS) is 1. The first kappa shape index (κ1) is 16.8. The number of rotatable bonds is 3. The van der Waals surface area contributed by atoms with E-state index in [-0.39, 0.29) is 12.1 Å². The van der Waals surface area contributed by atoms with E-state index < -0.39 is 11.9 Å². The summed E-state index contributed by atoms with van der Waals surface area (Å²) < 4.78 is 0. The maximum absolute atomic E-state index is 12.7. The van der Waals surface area contributed by atoms with Crippen LogP contribution in [0.2, 0.25) is 0 Å². The van der Waals surface area contributed by atoms with Gasteiger partial charge in [-0.3, -0.25) is 4.79 Å². The van der Waals surface area contributed by atoms with Crippen molar-refractivity contribution in [1.82, 2.24) is 10.2 Å². The molecule has 2 amide bonds. The second kappa shape index (κ2) is 6.83. The zero-order chi connectivity index (χ0) is 17.3. The topological polar surface area (TPSA) is 69.6 Å². The van der Waals surface area contributed by atoms with E-state index in [1.54, 1.807) is 4.90 Å². The predicted molar refractivity (Wildman–Crippen MR) is 91.7 cm³/mol. The molecule has 3 atom stereocenters. The molecule has 0 radical (unpaired) electrons. The van der Waals surface area contributed by atoms with Crippen molar-refractivity contribution in [3.63, 3.8) is 0 Å². The maximum atomic E-state index is 12.7. The number of urea groups is 1. The van der Waals surface area contributed by atoms with E-state index >= 15 is 0 Å². The number of carbonyl (C=O) groups excluding carboxylic acids is 1. The van der Waals surface area contributed by atoms with Crippen LogP contribution in [0.15, 0.2) is 24.3 Å². The molecule has 1 heterocycles. The minimum atomic E-state index is -0.812. The number of amides is 2. The highest BCUT2D eigenvalue weighted by molar-refractivity contribution is 5.77. The summed E-state index contributed by atoms with van der Waals surface area (Å²) in [4.78, 5) is 25.4. The molecule has 0 spiro atoms. The summed E-state index contributed by atoms with van der Waals surface area (Å²) >= 11 is 0. The Bertz CT molecular complexity index is 629. The summed E-state index contributed by atoms with van der Waals surface area (Å²) in [5, 5.41) is 12.3. The molecule has 0 aromatic heterocycles. The zero-order valence-corrected chi connectivity index (χ0v) is 14.4. The Morgan fingerprint density at radius 1 is 1.25 bits per heavy atom. The van der Waals surface area contributed by atoms with Gasteiger partial charge in [-0.15, -0.1) is 0 Å². The number of likely N-dealkylation sites (tertiary alicyclic amines) is 1. The third-order valence-electron chi connectivity index (χ3n) is 5.53. The summed E-state index contributed by atoms with van der Waals surface area (Å²) in [6, 6.07) is 8.19. The molecule has 1 aromatic carbocycles. The largest absolute Gasteiger partial charge is 0.481 e. The summed E-state index contributed by atoms with van der Waals surface area (Å²) in [5.74, 6) is -0.362. The lowest BCUT2D eigenvalue weighted by atomic mass is 9.74. The molecule has 2 N–H and O–H groups in total. The molecule has 1 aliphatic carbocycles. The predicted octanol–water partition coefficient (Wildman–Crippen LogP) is 3.06. The van der Waals surface area contributed by atoms with Crippen molar-refractivity contribution in [2.75, 3.05) is 13.1 Å². The van der Waals surface area contributed by atoms with Gasteiger partial charge in [0.05, 0.1) is 12.0 Å². The molecule has 2 aliphatic rings. The van der Waals surface area contributed by atoms with Crippen LogP contribution >= 0.6 is 0 Å². The Balaban J connectivity index is 1.76. The van der Waals surface area contributed by atoms with Crippen LogP contribution < -0.4 is 5.32 Å². The number of aliphatic carboxylic acids is 1. The molecular weight excluding hydrogens is 304 g/mol. The van der Waals surface area contributed by atoms with Gasteiger partial charge in [0, 0.05) is 13.1 Å². The van der Waals surface area contributed by atoms with Gasteiger partial charge in [0.1, 0.15) is 0 Å². The lowest BCUT2D eigenvalue weighted by Gasteiger charge is -2.37. The number of benzene rings is 1. The third-order valence-corrected chi connectivity index (χ3v) is 5.53. The van der Waals surface area contributed by atoms with Gasteiger partial charge in [-0.25, -0.2) is 4.79 Å². The molecular formula is C19H26N2O3. The quantitative estimate of drug-likeness (QED) is 0.895. The van der Waals surface area contributed by atoms with Crippen LogP contribution in [0.5, 0.6) is 0 Å². The number of nitrogens with one attached hydrogen (secondary N) is 1. The van der Waals surface area contributed by atoms with Gasteiger partial charge in [0.25, 0.3) is 0 Å². The minimum absolute atomic E-state index is 0.00586. The molecule has 1 fully saturated rings. The fourth-order valence-electron chi connectivity index (χ4n) is 4.06. The molecule has 3 rings (SSSR count). The normalized spacial score (nSPS) is 26.3. The molecule has 24 heavy (non-hydrogen) atoms. The van der Waals surface area contributed by atoms with E-state index in [1.807, 2.05) is 12.1 Å². The molecule has 1 aromatic rings. The van der Waals surface area contributed by atoms with Crippen molar-refractivity contribution >= 4 is 12.0 Å². The molecule has 1 saturated heterocycles. The first-order chi connectivity index (χ1) is 11.5. The Morgan fingerprint density at radius 3 is 2.67 bits per heavy atom. The van der Waals surface area contributed by atoms with Crippen molar-refractivity contribution in [3.8, 4) is 0 Å². The number of hydrogen-bond donors (Lipinski definition) is 2. The SMILES string of the molecule is CC(C)C1CCc2ccccc2C1NC(=O)N1CCC(C(=O)O)C1. The van der Waals surface area contributed by atoms with E-state index in [2.05, 4.69) is 31.3 Å². The molecule has 0 saturated carbocycles. The summed E-state index contributed by atoms with van der Waals surface area (Å²) in [6.07, 6.45) is 2.66. The monoisotopic (exact) mass is 330 g/mol. The van der Waals surface area contributed by atoms with Crippen LogP contribution in [0.1, 0.15) is 43.9 Å². The highest BCUT2D eigenvalue weighted by Crippen LogP contribution is 2.38. The number of fused-ring (bicyclic) bond motifs is 1. The maximum Gasteiger partial charge on any atom is 0.317 e. The lowest BCUT2D eigenvalue weighted by Crippen LogP contribution is -2.45. The van der Waals surface area contributed by atoms with Crippen LogP contribution in [-0.2, 0) is 11.2 Å². The summed E-state index contributed by atoms with van der Waals surface area (Å²) in [6.45, 7) is 5.23. The Morgan fingerprint density at radius 2 is 2.00 bits per heavy atom. The zero-order valence-electron chi connectivity index (χ0n) is 14.4. The summed E-state index contributed by atoms with van der Waals surface area (Å²) in [5.41, 5.74) is 2.52. The van der Waals surface area contributed by atoms with E-state index in [1.165, 1.54) is 11.1 Å². The smallest absolute Gasteiger partial charge is 0.317 e. The van der Waals surface area contributed by atoms with Gasteiger partial charge in [0.15, 0.2) is 0 Å². The number of hydrogen-bond acceptors (Lipinski definition) is 2. The molecule has 130 valence electrons. The average molecular weight is 330 g/mol. The van der Waals surface area contributed by atoms with Gasteiger partial charge in [-0.1, -0.05) is 38.1 Å². The minimum Gasteiger partial charge on any atom is -0.481 e. The first-order valence-electron chi connectivity index (χ1n) is 8.83. The van der Waals surface area contributed by atoms with Crippen molar-refractivity contribution in [1.29, 1.82) is 0 Å². The number of carboxylic acids is 1. The fourth-order valence-corrected chi connectivity index (χ4v) is 4.06. The van der Waals surface area contributed by atoms with Crippen molar-refractivity contribution in [2.45, 2.75) is 39.2 Å². The number of carbonyl (C=O) groups is 2. The lowest BCUT2D eigenvalue weighted by molar-refractivity contribution is -0.141. The number of nitrogens with zero attached hydrogens (tertiary/aromatic N) is 1. The number of aryl methyl sites for hydroxylation is 1. The van der Waals surface area contributed by atoms with E-state index in [0.717, 1.165) is 12.8 Å². The molecule has 5 heteroatoms. The first-order valence-corrected chi connectivity index (χ1v) is 8.83. The van der Waals surface area contributed by atoms with Crippen molar-refractivity contribution < 1.29 is 14.7 Å². The standard InChI is InChI=1S/C19H26N2O3/c1-12(2)15-8-7-13-5-3-4-6-16(13)17(15)20-19(24)21-10-9-14(11-21)18(22)23/h3-6,12,14-15,17H,7-11H2,1-2H3,(H,20,24)(H,22,23). The van der Waals surface area contributed by atoms with Crippen LogP contribution in [0.25, 0.3) is 0 Å². The fraction of sp³-hybridized carbons (Fsp3) is 0.579. The van der Waals surface area contributed by atoms with Gasteiger partial charge in [0.2, 0.25) is 0 Å². The molecule has 1 aliphatic heterocycles. The Labute approximate surface area is 143 Å².